The van der Waals surface area contributed by atoms with E-state index in [1.54, 1.807) is 12.1 Å². The minimum absolute atomic E-state index is 0.0650. The number of imide groups is 1. The summed E-state index contributed by atoms with van der Waals surface area (Å²) in [4.78, 5) is 27.3. The largest absolute Gasteiger partial charge is 0.494 e. The smallest absolute Gasteiger partial charge is 0.238 e. The Balaban J connectivity index is 1.67. The summed E-state index contributed by atoms with van der Waals surface area (Å²) in [6.45, 7) is 6.66. The fourth-order valence-corrected chi connectivity index (χ4v) is 4.54. The Hall–Kier alpha value is -2.36. The number of hydrogen-bond acceptors (Lipinski definition) is 3. The summed E-state index contributed by atoms with van der Waals surface area (Å²) < 4.78 is 5.43. The first kappa shape index (κ1) is 15.2. The number of nitrogens with zero attached hydrogens (tertiary/aromatic N) is 1. The van der Waals surface area contributed by atoms with E-state index in [1.165, 1.54) is 16.0 Å². The maximum absolute atomic E-state index is 13.0. The fraction of sp³-hybridized carbons (Fsp3) is 0.400. The van der Waals surface area contributed by atoms with Crippen LogP contribution in [0.4, 0.5) is 5.69 Å². The number of fused-ring (bicyclic) bond motifs is 5. The van der Waals surface area contributed by atoms with Crippen LogP contribution in [0.3, 0.4) is 0 Å². The number of amides is 2. The topological polar surface area (TPSA) is 46.6 Å². The summed E-state index contributed by atoms with van der Waals surface area (Å²) in [7, 11) is 0. The van der Waals surface area contributed by atoms with Crippen molar-refractivity contribution in [3.8, 4) is 5.75 Å². The van der Waals surface area contributed by atoms with Crippen LogP contribution in [0.15, 0.2) is 47.6 Å². The molecule has 1 saturated carbocycles. The first-order valence-corrected chi connectivity index (χ1v) is 8.51. The maximum atomic E-state index is 13.0. The van der Waals surface area contributed by atoms with Crippen molar-refractivity contribution in [1.29, 1.82) is 0 Å². The molecule has 124 valence electrons. The zero-order valence-electron chi connectivity index (χ0n) is 14.2. The van der Waals surface area contributed by atoms with E-state index in [-0.39, 0.29) is 35.5 Å². The van der Waals surface area contributed by atoms with Gasteiger partial charge in [0.15, 0.2) is 0 Å². The lowest BCUT2D eigenvalue weighted by Crippen LogP contribution is -2.33. The number of benzene rings is 1. The second kappa shape index (κ2) is 5.33. The molecule has 2 bridgehead atoms. The molecule has 1 heterocycles. The van der Waals surface area contributed by atoms with Gasteiger partial charge in [0.1, 0.15) is 5.75 Å². The Morgan fingerprint density at radius 2 is 1.54 bits per heavy atom. The summed E-state index contributed by atoms with van der Waals surface area (Å²) in [5, 5.41) is 0. The molecule has 1 aromatic rings. The highest BCUT2D eigenvalue weighted by atomic mass is 16.5. The number of ether oxygens (including phenoxy) is 1. The molecule has 1 saturated heterocycles. The summed E-state index contributed by atoms with van der Waals surface area (Å²) in [5.41, 5.74) is 3.15. The Labute approximate surface area is 141 Å². The summed E-state index contributed by atoms with van der Waals surface area (Å²) in [5.74, 6) is 0.333. The number of carbonyl (C=O) groups is 2. The average Bonchev–Trinajstić information content (AvgIpc) is 3.19. The van der Waals surface area contributed by atoms with Crippen LogP contribution in [-0.2, 0) is 9.59 Å². The molecule has 1 aromatic carbocycles. The summed E-state index contributed by atoms with van der Waals surface area (Å²) >= 11 is 0. The van der Waals surface area contributed by atoms with Crippen molar-refractivity contribution in [2.45, 2.75) is 20.8 Å². The Morgan fingerprint density at radius 1 is 1.00 bits per heavy atom. The second-order valence-electron chi connectivity index (χ2n) is 6.88. The lowest BCUT2D eigenvalue weighted by atomic mass is 9.85. The maximum Gasteiger partial charge on any atom is 0.238 e. The second-order valence-corrected chi connectivity index (χ2v) is 6.88. The Morgan fingerprint density at radius 3 is 2.00 bits per heavy atom. The van der Waals surface area contributed by atoms with Gasteiger partial charge in [-0.3, -0.25) is 9.59 Å². The van der Waals surface area contributed by atoms with Crippen molar-refractivity contribution < 1.29 is 14.3 Å². The van der Waals surface area contributed by atoms with Crippen molar-refractivity contribution in [1.82, 2.24) is 0 Å². The SMILES string of the molecule is CCOc1ccc(N2C(=O)C3C4C=CC(C4=C(C)C)C3C2=O)cc1. The predicted octanol–water partition coefficient (Wildman–Crippen LogP) is 3.34. The van der Waals surface area contributed by atoms with E-state index in [9.17, 15) is 9.59 Å². The number of allylic oxidation sites excluding steroid dienone is 4. The molecule has 2 fully saturated rings. The van der Waals surface area contributed by atoms with Crippen molar-refractivity contribution in [3.63, 3.8) is 0 Å². The molecular formula is C20H21NO3. The fourth-order valence-electron chi connectivity index (χ4n) is 4.54. The molecule has 3 aliphatic rings. The third-order valence-corrected chi connectivity index (χ3v) is 5.40. The van der Waals surface area contributed by atoms with Crippen LogP contribution >= 0.6 is 0 Å². The van der Waals surface area contributed by atoms with E-state index in [1.807, 2.05) is 19.1 Å². The molecule has 0 aromatic heterocycles. The van der Waals surface area contributed by atoms with Crippen LogP contribution in [0.1, 0.15) is 20.8 Å². The molecule has 2 amide bonds. The van der Waals surface area contributed by atoms with Gasteiger partial charge in [-0.2, -0.15) is 0 Å². The van der Waals surface area contributed by atoms with E-state index < -0.39 is 0 Å². The molecule has 2 aliphatic carbocycles. The van der Waals surface area contributed by atoms with Crippen molar-refractivity contribution in [2.75, 3.05) is 11.5 Å². The first-order valence-electron chi connectivity index (χ1n) is 8.51. The molecule has 4 nitrogen and oxygen atoms in total. The van der Waals surface area contributed by atoms with E-state index in [2.05, 4.69) is 26.0 Å². The van der Waals surface area contributed by atoms with E-state index >= 15 is 0 Å². The molecule has 4 heteroatoms. The minimum Gasteiger partial charge on any atom is -0.494 e. The van der Waals surface area contributed by atoms with Gasteiger partial charge in [-0.05, 0) is 45.0 Å². The van der Waals surface area contributed by atoms with Crippen LogP contribution in [0, 0.1) is 23.7 Å². The van der Waals surface area contributed by atoms with E-state index in [4.69, 9.17) is 4.74 Å². The van der Waals surface area contributed by atoms with Gasteiger partial charge in [0.05, 0.1) is 24.1 Å². The average molecular weight is 323 g/mol. The molecule has 4 atom stereocenters. The van der Waals surface area contributed by atoms with Gasteiger partial charge in [0, 0.05) is 11.8 Å². The highest BCUT2D eigenvalue weighted by Crippen LogP contribution is 2.57. The van der Waals surface area contributed by atoms with Crippen molar-refractivity contribution >= 4 is 17.5 Å². The third-order valence-electron chi connectivity index (χ3n) is 5.40. The monoisotopic (exact) mass is 323 g/mol. The zero-order valence-corrected chi connectivity index (χ0v) is 14.2. The molecule has 24 heavy (non-hydrogen) atoms. The van der Waals surface area contributed by atoms with Crippen molar-refractivity contribution in [2.24, 2.45) is 23.7 Å². The highest BCUT2D eigenvalue weighted by molar-refractivity contribution is 6.23. The van der Waals surface area contributed by atoms with E-state index in [0.717, 1.165) is 5.75 Å². The molecule has 4 unspecified atom stereocenters. The molecular weight excluding hydrogens is 302 g/mol. The molecule has 4 rings (SSSR count). The van der Waals surface area contributed by atoms with Crippen LogP contribution < -0.4 is 9.64 Å². The normalized spacial score (nSPS) is 30.3. The van der Waals surface area contributed by atoms with Gasteiger partial charge in [0.2, 0.25) is 11.8 Å². The molecule has 0 spiro atoms. The van der Waals surface area contributed by atoms with Crippen molar-refractivity contribution in [3.05, 3.63) is 47.6 Å². The molecule has 0 radical (unpaired) electrons. The number of hydrogen-bond donors (Lipinski definition) is 0. The van der Waals surface area contributed by atoms with Gasteiger partial charge < -0.3 is 4.74 Å². The zero-order chi connectivity index (χ0) is 17.0. The molecule has 0 N–H and O–H groups in total. The van der Waals surface area contributed by atoms with Crippen LogP contribution in [0.25, 0.3) is 0 Å². The van der Waals surface area contributed by atoms with Gasteiger partial charge in [0.25, 0.3) is 0 Å². The molecule has 1 aliphatic heterocycles. The first-order chi connectivity index (χ1) is 11.5. The number of anilines is 1. The van der Waals surface area contributed by atoms with Crippen LogP contribution in [0.2, 0.25) is 0 Å². The van der Waals surface area contributed by atoms with Crippen LogP contribution in [0.5, 0.6) is 5.75 Å². The standard InChI is InChI=1S/C20H21NO3/c1-4-24-13-7-5-12(6-8-13)21-19(22)17-14-9-10-15(16(14)11(2)3)18(17)20(21)23/h5-10,14-15,17-18H,4H2,1-3H3. The predicted molar refractivity (Wildman–Crippen MR) is 91.6 cm³/mol. The van der Waals surface area contributed by atoms with Crippen LogP contribution in [-0.4, -0.2) is 18.4 Å². The number of rotatable bonds is 3. The Bertz CT molecular complexity index is 737. The lowest BCUT2D eigenvalue weighted by Gasteiger charge is -2.19. The van der Waals surface area contributed by atoms with Gasteiger partial charge in [-0.25, -0.2) is 4.90 Å². The van der Waals surface area contributed by atoms with Gasteiger partial charge in [-0.15, -0.1) is 0 Å². The van der Waals surface area contributed by atoms with Gasteiger partial charge >= 0.3 is 0 Å². The quantitative estimate of drug-likeness (QED) is 0.633. The minimum atomic E-state index is -0.232. The summed E-state index contributed by atoms with van der Waals surface area (Å²) in [6.07, 6.45) is 4.22. The Kier molecular flexibility index (Phi) is 3.37. The van der Waals surface area contributed by atoms with Gasteiger partial charge in [-0.1, -0.05) is 23.3 Å². The number of carbonyl (C=O) groups excluding carboxylic acids is 2. The summed E-state index contributed by atoms with van der Waals surface area (Å²) in [6, 6.07) is 7.20. The highest BCUT2D eigenvalue weighted by Gasteiger charge is 2.61. The third kappa shape index (κ3) is 1.92. The lowest BCUT2D eigenvalue weighted by molar-refractivity contribution is -0.122. The van der Waals surface area contributed by atoms with E-state index in [0.29, 0.717) is 12.3 Å².